The van der Waals surface area contributed by atoms with Crippen molar-refractivity contribution >= 4 is 26.0 Å². The molecule has 0 aliphatic carbocycles. The lowest BCUT2D eigenvalue weighted by Crippen LogP contribution is -2.26. The molecule has 1 N–H and O–H groups in total. The van der Waals surface area contributed by atoms with Gasteiger partial charge in [0.05, 0.1) is 10.6 Å². The Morgan fingerprint density at radius 2 is 1.75 bits per heavy atom. The van der Waals surface area contributed by atoms with Gasteiger partial charge in [-0.05, 0) is 48.9 Å². The summed E-state index contributed by atoms with van der Waals surface area (Å²) in [5.74, 6) is 0. The monoisotopic (exact) mass is 406 g/mol. The van der Waals surface area contributed by atoms with E-state index in [1.54, 1.807) is 42.2 Å². The minimum absolute atomic E-state index is 0.233. The zero-order chi connectivity index (χ0) is 17.2. The van der Waals surface area contributed by atoms with Crippen molar-refractivity contribution in [2.45, 2.75) is 17.9 Å². The highest BCUT2D eigenvalue weighted by Gasteiger charge is 2.18. The average Bonchev–Trinajstić information content (AvgIpc) is 3.09. The van der Waals surface area contributed by atoms with E-state index < -0.39 is 10.0 Å². The van der Waals surface area contributed by atoms with E-state index in [4.69, 9.17) is 0 Å². The maximum Gasteiger partial charge on any atom is 0.241 e. The highest BCUT2D eigenvalue weighted by atomic mass is 79.9. The second kappa shape index (κ2) is 6.84. The summed E-state index contributed by atoms with van der Waals surface area (Å²) >= 11 is 3.30. The molecule has 3 rings (SSSR count). The van der Waals surface area contributed by atoms with Gasteiger partial charge in [0.2, 0.25) is 10.0 Å². The zero-order valence-corrected chi connectivity index (χ0v) is 15.2. The largest absolute Gasteiger partial charge is 0.241 e. The first-order chi connectivity index (χ1) is 11.5. The maximum atomic E-state index is 12.4. The van der Waals surface area contributed by atoms with E-state index in [1.165, 1.54) is 6.33 Å². The summed E-state index contributed by atoms with van der Waals surface area (Å²) in [7, 11) is -3.58. The lowest BCUT2D eigenvalue weighted by Gasteiger charge is -2.15. The quantitative estimate of drug-likeness (QED) is 0.705. The zero-order valence-electron chi connectivity index (χ0n) is 12.8. The molecule has 0 radical (unpaired) electrons. The third-order valence-corrected chi connectivity index (χ3v) is 5.62. The molecule has 0 amide bonds. The third-order valence-electron chi connectivity index (χ3n) is 3.53. The Bertz CT molecular complexity index is 908. The lowest BCUT2D eigenvalue weighted by atomic mass is 10.1. The highest BCUT2D eigenvalue weighted by Crippen LogP contribution is 2.20. The van der Waals surface area contributed by atoms with Crippen molar-refractivity contribution in [3.05, 3.63) is 71.2 Å². The van der Waals surface area contributed by atoms with Gasteiger partial charge in [0.1, 0.15) is 12.7 Å². The predicted molar refractivity (Wildman–Crippen MR) is 94.2 cm³/mol. The molecule has 0 bridgehead atoms. The summed E-state index contributed by atoms with van der Waals surface area (Å²) in [6.45, 7) is 1.81. The fraction of sp³-hybridized carbons (Fsp3) is 0.125. The van der Waals surface area contributed by atoms with E-state index in [2.05, 4.69) is 30.7 Å². The van der Waals surface area contributed by atoms with Gasteiger partial charge in [0.15, 0.2) is 0 Å². The van der Waals surface area contributed by atoms with Crippen LogP contribution >= 0.6 is 15.9 Å². The predicted octanol–water partition coefficient (Wildman–Crippen LogP) is 3.07. The second-order valence-corrected chi connectivity index (χ2v) is 7.86. The number of nitrogens with one attached hydrogen (secondary N) is 1. The number of benzene rings is 2. The summed E-state index contributed by atoms with van der Waals surface area (Å²) in [5, 5.41) is 4.06. The standard InChI is InChI=1S/C16H15BrN4O2S/c1-12(20-24(22,23)16-8-4-14(17)5-9-16)13-2-6-15(7-3-13)21-11-18-10-19-21/h2-12,20H,1H3/t12-/m1/s1. The molecule has 6 nitrogen and oxygen atoms in total. The number of aromatic nitrogens is 3. The number of sulfonamides is 1. The van der Waals surface area contributed by atoms with Crippen LogP contribution in [0.2, 0.25) is 0 Å². The van der Waals surface area contributed by atoms with Crippen LogP contribution in [0.1, 0.15) is 18.5 Å². The van der Waals surface area contributed by atoms with Gasteiger partial charge >= 0.3 is 0 Å². The van der Waals surface area contributed by atoms with E-state index in [-0.39, 0.29) is 10.9 Å². The molecular formula is C16H15BrN4O2S. The number of hydrogen-bond donors (Lipinski definition) is 1. The molecule has 0 saturated heterocycles. The SMILES string of the molecule is C[C@@H](NS(=O)(=O)c1ccc(Br)cc1)c1ccc(-n2cncn2)cc1. The fourth-order valence-electron chi connectivity index (χ4n) is 2.24. The van der Waals surface area contributed by atoms with Crippen LogP contribution in [-0.2, 0) is 10.0 Å². The Labute approximate surface area is 148 Å². The molecular weight excluding hydrogens is 392 g/mol. The van der Waals surface area contributed by atoms with Crippen LogP contribution < -0.4 is 4.72 Å². The molecule has 0 fully saturated rings. The first-order valence-corrected chi connectivity index (χ1v) is 9.46. The lowest BCUT2D eigenvalue weighted by molar-refractivity contribution is 0.567. The maximum absolute atomic E-state index is 12.4. The van der Waals surface area contributed by atoms with Crippen molar-refractivity contribution in [2.75, 3.05) is 0 Å². The molecule has 1 heterocycles. The molecule has 0 aliphatic rings. The second-order valence-electron chi connectivity index (χ2n) is 5.23. The van der Waals surface area contributed by atoms with Crippen molar-refractivity contribution in [1.29, 1.82) is 0 Å². The molecule has 2 aromatic carbocycles. The van der Waals surface area contributed by atoms with Crippen molar-refractivity contribution < 1.29 is 8.42 Å². The van der Waals surface area contributed by atoms with Crippen LogP contribution in [0.4, 0.5) is 0 Å². The van der Waals surface area contributed by atoms with Crippen molar-refractivity contribution in [1.82, 2.24) is 19.5 Å². The Kier molecular flexibility index (Phi) is 4.79. The van der Waals surface area contributed by atoms with Crippen LogP contribution in [0, 0.1) is 0 Å². The van der Waals surface area contributed by atoms with Crippen molar-refractivity contribution in [2.24, 2.45) is 0 Å². The Balaban J connectivity index is 1.76. The van der Waals surface area contributed by atoms with E-state index in [0.29, 0.717) is 0 Å². The first kappa shape index (κ1) is 16.8. The smallest absolute Gasteiger partial charge is 0.223 e. The topological polar surface area (TPSA) is 76.9 Å². The minimum atomic E-state index is -3.58. The fourth-order valence-corrected chi connectivity index (χ4v) is 3.74. The summed E-state index contributed by atoms with van der Waals surface area (Å²) in [6.07, 6.45) is 3.07. The Morgan fingerprint density at radius 1 is 1.08 bits per heavy atom. The molecule has 1 atom stereocenters. The van der Waals surface area contributed by atoms with Crippen molar-refractivity contribution in [3.63, 3.8) is 0 Å². The number of halogens is 1. The van der Waals surface area contributed by atoms with E-state index in [1.807, 2.05) is 24.3 Å². The van der Waals surface area contributed by atoms with Gasteiger partial charge in [-0.15, -0.1) is 0 Å². The first-order valence-electron chi connectivity index (χ1n) is 7.18. The van der Waals surface area contributed by atoms with Gasteiger partial charge in [0.25, 0.3) is 0 Å². The Morgan fingerprint density at radius 3 is 2.33 bits per heavy atom. The number of nitrogens with zero attached hydrogens (tertiary/aromatic N) is 3. The molecule has 0 aliphatic heterocycles. The summed E-state index contributed by atoms with van der Waals surface area (Å²) in [4.78, 5) is 4.13. The summed E-state index contributed by atoms with van der Waals surface area (Å²) in [6, 6.07) is 13.6. The molecule has 1 aromatic heterocycles. The Hall–Kier alpha value is -2.03. The van der Waals surface area contributed by atoms with Gasteiger partial charge in [0, 0.05) is 10.5 Å². The van der Waals surface area contributed by atoms with E-state index in [9.17, 15) is 8.42 Å². The highest BCUT2D eigenvalue weighted by molar-refractivity contribution is 9.10. The normalized spacial score (nSPS) is 12.9. The van der Waals surface area contributed by atoms with Gasteiger partial charge < -0.3 is 0 Å². The van der Waals surface area contributed by atoms with Gasteiger partial charge in [-0.2, -0.15) is 5.10 Å². The van der Waals surface area contributed by atoms with Crippen LogP contribution in [0.3, 0.4) is 0 Å². The van der Waals surface area contributed by atoms with Gasteiger partial charge in [-0.25, -0.2) is 22.8 Å². The van der Waals surface area contributed by atoms with Crippen molar-refractivity contribution in [3.8, 4) is 5.69 Å². The summed E-state index contributed by atoms with van der Waals surface area (Å²) in [5.41, 5.74) is 1.72. The molecule has 8 heteroatoms. The third kappa shape index (κ3) is 3.72. The van der Waals surface area contributed by atoms with Gasteiger partial charge in [-0.3, -0.25) is 0 Å². The van der Waals surface area contributed by atoms with E-state index >= 15 is 0 Å². The number of hydrogen-bond acceptors (Lipinski definition) is 4. The van der Waals surface area contributed by atoms with Crippen LogP contribution in [-0.4, -0.2) is 23.2 Å². The number of rotatable bonds is 5. The minimum Gasteiger partial charge on any atom is -0.223 e. The van der Waals surface area contributed by atoms with E-state index in [0.717, 1.165) is 15.7 Å². The molecule has 3 aromatic rings. The van der Waals surface area contributed by atoms with Crippen LogP contribution in [0.15, 0.2) is 70.6 Å². The van der Waals surface area contributed by atoms with Gasteiger partial charge in [-0.1, -0.05) is 28.1 Å². The van der Waals surface area contributed by atoms with Crippen LogP contribution in [0.25, 0.3) is 5.69 Å². The molecule has 0 saturated carbocycles. The molecule has 24 heavy (non-hydrogen) atoms. The molecule has 0 unspecified atom stereocenters. The molecule has 124 valence electrons. The molecule has 0 spiro atoms. The summed E-state index contributed by atoms with van der Waals surface area (Å²) < 4.78 is 30.0. The van der Waals surface area contributed by atoms with Crippen LogP contribution in [0.5, 0.6) is 0 Å². The average molecular weight is 407 g/mol.